The van der Waals surface area contributed by atoms with Crippen molar-refractivity contribution in [1.29, 1.82) is 0 Å². The molecule has 0 spiro atoms. The first kappa shape index (κ1) is 20.7. The van der Waals surface area contributed by atoms with Gasteiger partial charge in [0.15, 0.2) is 0 Å². The summed E-state index contributed by atoms with van der Waals surface area (Å²) in [6.07, 6.45) is 0. The van der Waals surface area contributed by atoms with Crippen molar-refractivity contribution in [2.24, 2.45) is 5.14 Å². The summed E-state index contributed by atoms with van der Waals surface area (Å²) in [7, 11) is -3.90. The average molecular weight is 439 g/mol. The Bertz CT molecular complexity index is 1280. The van der Waals surface area contributed by atoms with Crippen LogP contribution in [0.15, 0.2) is 41.3 Å². The van der Waals surface area contributed by atoms with Gasteiger partial charge in [-0.25, -0.2) is 17.9 Å². The van der Waals surface area contributed by atoms with Gasteiger partial charge in [-0.1, -0.05) is 0 Å². The minimum atomic E-state index is -3.90. The minimum Gasteiger partial charge on any atom is -0.368 e. The van der Waals surface area contributed by atoms with E-state index in [-0.39, 0.29) is 16.5 Å². The first-order chi connectivity index (χ1) is 14.0. The number of hydrogen-bond acceptors (Lipinski definition) is 9. The van der Waals surface area contributed by atoms with Crippen molar-refractivity contribution < 1.29 is 26.9 Å². The zero-order chi connectivity index (χ0) is 22.2. The minimum absolute atomic E-state index is 0.155. The molecule has 3 rings (SSSR count). The number of nitrogens with two attached hydrogens (primary N) is 2. The van der Waals surface area contributed by atoms with Gasteiger partial charge in [-0.05, 0) is 30.3 Å². The molecule has 0 bridgehead atoms. The van der Waals surface area contributed by atoms with Gasteiger partial charge >= 0.3 is 5.69 Å². The highest BCUT2D eigenvalue weighted by molar-refractivity contribution is 7.89. The summed E-state index contributed by atoms with van der Waals surface area (Å²) in [6, 6.07) is 6.16. The van der Waals surface area contributed by atoms with Gasteiger partial charge in [-0.2, -0.15) is 14.1 Å². The first-order valence-electron chi connectivity index (χ1n) is 7.78. The number of carbonyl (C=O) groups excluding carboxylic acids is 1. The van der Waals surface area contributed by atoms with Crippen molar-refractivity contribution in [3.05, 3.63) is 63.7 Å². The molecule has 2 aromatic carbocycles. The van der Waals surface area contributed by atoms with Crippen molar-refractivity contribution >= 4 is 39.2 Å². The third-order valence-electron chi connectivity index (χ3n) is 3.74. The molecule has 0 aliphatic rings. The van der Waals surface area contributed by atoms with Gasteiger partial charge in [0.1, 0.15) is 11.4 Å². The number of rotatable bonds is 5. The number of benzene rings is 2. The molecule has 0 fully saturated rings. The van der Waals surface area contributed by atoms with Crippen LogP contribution in [0.3, 0.4) is 0 Å². The molecule has 0 amide bonds. The molecule has 30 heavy (non-hydrogen) atoms. The summed E-state index contributed by atoms with van der Waals surface area (Å²) < 4.78 is 51.1. The van der Waals surface area contributed by atoms with Crippen molar-refractivity contribution in [2.45, 2.75) is 4.90 Å². The Hall–Kier alpha value is -3.98. The molecule has 1 aromatic heterocycles. The Labute approximate surface area is 166 Å². The molecule has 3 aromatic rings. The summed E-state index contributed by atoms with van der Waals surface area (Å²) in [4.78, 5) is 25.7. The Morgan fingerprint density at radius 1 is 1.17 bits per heavy atom. The van der Waals surface area contributed by atoms with E-state index in [2.05, 4.69) is 15.4 Å². The van der Waals surface area contributed by atoms with E-state index in [1.807, 2.05) is 0 Å². The molecular formula is C15H11F2N7O5S. The number of nitro benzene ring substituents is 1. The van der Waals surface area contributed by atoms with Crippen LogP contribution in [0, 0.1) is 21.7 Å². The smallest absolute Gasteiger partial charge is 0.305 e. The number of halogens is 2. The predicted octanol–water partition coefficient (Wildman–Crippen LogP) is 1.13. The Morgan fingerprint density at radius 3 is 2.37 bits per heavy atom. The molecule has 12 nitrogen and oxygen atoms in total. The van der Waals surface area contributed by atoms with Gasteiger partial charge in [-0.3, -0.25) is 14.9 Å². The number of nitrogen functional groups attached to an aromatic ring is 1. The van der Waals surface area contributed by atoms with Crippen LogP contribution in [0.1, 0.15) is 10.4 Å². The third-order valence-corrected chi connectivity index (χ3v) is 4.67. The first-order valence-corrected chi connectivity index (χ1v) is 9.33. The standard InChI is InChI=1S/C15H11F2N7O5S/c16-9-5-6-10(24(26)27)12(17)11(9)13(25)23-14(18)21-15(22-23)20-7-1-3-8(4-2-7)30(19,28)29/h1-6H,(H2,19,28,29)(H3,18,20,21,22). The number of hydrogen-bond donors (Lipinski definition) is 3. The SMILES string of the molecule is Nc1nc(Nc2ccc(S(N)(=O)=O)cc2)nn1C(=O)c1c(F)ccc([N+](=O)[O-])c1F. The van der Waals surface area contributed by atoms with E-state index in [1.165, 1.54) is 24.3 Å². The molecule has 1 heterocycles. The maximum absolute atomic E-state index is 14.3. The van der Waals surface area contributed by atoms with E-state index in [1.54, 1.807) is 0 Å². The normalized spacial score (nSPS) is 11.3. The van der Waals surface area contributed by atoms with Crippen molar-refractivity contribution in [3.63, 3.8) is 0 Å². The summed E-state index contributed by atoms with van der Waals surface area (Å²) in [5.74, 6) is -5.29. The lowest BCUT2D eigenvalue weighted by Crippen LogP contribution is -2.20. The maximum atomic E-state index is 14.3. The fraction of sp³-hybridized carbons (Fsp3) is 0. The second-order valence-corrected chi connectivity index (χ2v) is 7.28. The molecule has 0 aliphatic carbocycles. The van der Waals surface area contributed by atoms with Crippen molar-refractivity contribution in [1.82, 2.24) is 14.8 Å². The monoisotopic (exact) mass is 439 g/mol. The second-order valence-electron chi connectivity index (χ2n) is 5.72. The fourth-order valence-electron chi connectivity index (χ4n) is 2.37. The summed E-state index contributed by atoms with van der Waals surface area (Å²) in [5, 5.41) is 22.1. The lowest BCUT2D eigenvalue weighted by molar-refractivity contribution is -0.387. The highest BCUT2D eigenvalue weighted by atomic mass is 32.2. The van der Waals surface area contributed by atoms with Crippen LogP contribution < -0.4 is 16.2 Å². The number of anilines is 3. The predicted molar refractivity (Wildman–Crippen MR) is 98.3 cm³/mol. The molecule has 15 heteroatoms. The topological polar surface area (TPSA) is 189 Å². The number of nitrogens with one attached hydrogen (secondary N) is 1. The number of nitro groups is 1. The van der Waals surface area contributed by atoms with Gasteiger partial charge < -0.3 is 11.1 Å². The lowest BCUT2D eigenvalue weighted by atomic mass is 10.1. The van der Waals surface area contributed by atoms with Gasteiger partial charge in [0, 0.05) is 11.8 Å². The largest absolute Gasteiger partial charge is 0.368 e. The van der Waals surface area contributed by atoms with E-state index in [4.69, 9.17) is 10.9 Å². The van der Waals surface area contributed by atoms with Crippen LogP contribution in [0.25, 0.3) is 0 Å². The molecule has 156 valence electrons. The zero-order valence-corrected chi connectivity index (χ0v) is 15.4. The molecule has 0 atom stereocenters. The number of sulfonamides is 1. The van der Waals surface area contributed by atoms with Crippen LogP contribution >= 0.6 is 0 Å². The van der Waals surface area contributed by atoms with Crippen molar-refractivity contribution in [2.75, 3.05) is 11.1 Å². The third kappa shape index (κ3) is 3.91. The van der Waals surface area contributed by atoms with Crippen LogP contribution in [-0.2, 0) is 10.0 Å². The average Bonchev–Trinajstić information content (AvgIpc) is 3.01. The zero-order valence-electron chi connectivity index (χ0n) is 14.6. The van der Waals surface area contributed by atoms with E-state index < -0.39 is 49.7 Å². The number of carbonyl (C=O) groups is 1. The number of primary sulfonamides is 1. The summed E-state index contributed by atoms with van der Waals surface area (Å²) >= 11 is 0. The van der Waals surface area contributed by atoms with Crippen LogP contribution in [-0.4, -0.2) is 34.0 Å². The fourth-order valence-corrected chi connectivity index (χ4v) is 2.88. The molecular weight excluding hydrogens is 428 g/mol. The van der Waals surface area contributed by atoms with Crippen molar-refractivity contribution in [3.8, 4) is 0 Å². The summed E-state index contributed by atoms with van der Waals surface area (Å²) in [5.41, 5.74) is 3.51. The molecule has 0 saturated carbocycles. The maximum Gasteiger partial charge on any atom is 0.305 e. The van der Waals surface area contributed by atoms with E-state index in [0.717, 1.165) is 0 Å². The van der Waals surface area contributed by atoms with E-state index >= 15 is 0 Å². The van der Waals surface area contributed by atoms with Crippen LogP contribution in [0.4, 0.5) is 32.1 Å². The Kier molecular flexibility index (Phi) is 5.15. The van der Waals surface area contributed by atoms with Gasteiger partial charge in [-0.15, -0.1) is 5.10 Å². The van der Waals surface area contributed by atoms with Crippen LogP contribution in [0.5, 0.6) is 0 Å². The van der Waals surface area contributed by atoms with Gasteiger partial charge in [0.2, 0.25) is 27.7 Å². The Morgan fingerprint density at radius 2 is 1.80 bits per heavy atom. The number of aromatic nitrogens is 3. The van der Waals surface area contributed by atoms with Crippen LogP contribution in [0.2, 0.25) is 0 Å². The molecule has 0 unspecified atom stereocenters. The lowest BCUT2D eigenvalue weighted by Gasteiger charge is -2.05. The van der Waals surface area contributed by atoms with E-state index in [0.29, 0.717) is 16.8 Å². The number of nitrogens with zero attached hydrogens (tertiary/aromatic N) is 4. The highest BCUT2D eigenvalue weighted by Gasteiger charge is 2.29. The highest BCUT2D eigenvalue weighted by Crippen LogP contribution is 2.25. The second kappa shape index (κ2) is 7.45. The van der Waals surface area contributed by atoms with E-state index in [9.17, 15) is 32.1 Å². The van der Waals surface area contributed by atoms with Gasteiger partial charge in [0.25, 0.3) is 5.91 Å². The molecule has 0 radical (unpaired) electrons. The molecule has 0 saturated heterocycles. The van der Waals surface area contributed by atoms with Gasteiger partial charge in [0.05, 0.1) is 9.82 Å². The molecule has 0 aliphatic heterocycles. The molecule has 5 N–H and O–H groups in total. The Balaban J connectivity index is 1.93. The quantitative estimate of drug-likeness (QED) is 0.386. The summed E-state index contributed by atoms with van der Waals surface area (Å²) in [6.45, 7) is 0.